The number of rotatable bonds is 7. The van der Waals surface area contributed by atoms with Gasteiger partial charge in [0, 0.05) is 47.8 Å². The van der Waals surface area contributed by atoms with Gasteiger partial charge in [-0.15, -0.1) is 0 Å². The van der Waals surface area contributed by atoms with Crippen molar-refractivity contribution in [3.8, 4) is 39.5 Å². The Bertz CT molecular complexity index is 1960. The first-order chi connectivity index (χ1) is 21.0. The zero-order valence-electron chi connectivity index (χ0n) is 23.5. The van der Waals surface area contributed by atoms with Crippen LogP contribution in [-0.4, -0.2) is 48.1 Å². The summed E-state index contributed by atoms with van der Waals surface area (Å²) >= 11 is 0. The third-order valence-electron chi connectivity index (χ3n) is 8.01. The van der Waals surface area contributed by atoms with Gasteiger partial charge in [0.15, 0.2) is 17.1 Å². The quantitative estimate of drug-likeness (QED) is 0.193. The molecule has 1 aliphatic carbocycles. The number of ether oxygens (including phenoxy) is 1. The lowest BCUT2D eigenvalue weighted by Gasteiger charge is -2.20. The number of hydrogen-bond donors (Lipinski definition) is 3. The average molecular weight is 577 g/mol. The topological polar surface area (TPSA) is 134 Å². The van der Waals surface area contributed by atoms with E-state index in [-0.39, 0.29) is 5.91 Å². The Balaban J connectivity index is 1.20. The summed E-state index contributed by atoms with van der Waals surface area (Å²) in [5, 5.41) is 11.2. The molecule has 0 unspecified atom stereocenters. The highest BCUT2D eigenvalue weighted by Crippen LogP contribution is 2.34. The highest BCUT2D eigenvalue weighted by atomic mass is 19.1. The van der Waals surface area contributed by atoms with Gasteiger partial charge in [-0.05, 0) is 54.7 Å². The van der Waals surface area contributed by atoms with Crippen LogP contribution >= 0.6 is 0 Å². The molecule has 0 saturated heterocycles. The summed E-state index contributed by atoms with van der Waals surface area (Å²) in [7, 11) is 1.50. The monoisotopic (exact) mass is 576 g/mol. The van der Waals surface area contributed by atoms with Gasteiger partial charge in [0.25, 0.3) is 0 Å². The normalized spacial score (nSPS) is 13.9. The van der Waals surface area contributed by atoms with Crippen LogP contribution in [0.25, 0.3) is 56.0 Å². The molecular weight excluding hydrogens is 547 g/mol. The maximum atomic E-state index is 14.3. The average Bonchev–Trinajstić information content (AvgIpc) is 3.65. The third kappa shape index (κ3) is 5.41. The number of carbonyl (C=O) groups excluding carboxylic acids is 1. The van der Waals surface area contributed by atoms with E-state index in [4.69, 9.17) is 9.72 Å². The van der Waals surface area contributed by atoms with Crippen molar-refractivity contribution >= 4 is 33.8 Å². The first-order valence-electron chi connectivity index (χ1n) is 14.3. The summed E-state index contributed by atoms with van der Waals surface area (Å²) in [5.41, 5.74) is 5.92. The second-order valence-corrected chi connectivity index (χ2v) is 10.9. The van der Waals surface area contributed by atoms with Gasteiger partial charge in [-0.3, -0.25) is 14.9 Å². The molecule has 1 amide bonds. The van der Waals surface area contributed by atoms with Crippen molar-refractivity contribution in [3.63, 3.8) is 0 Å². The summed E-state index contributed by atoms with van der Waals surface area (Å²) in [6.07, 6.45) is 13.2. The Hall–Kier alpha value is -5.19. The summed E-state index contributed by atoms with van der Waals surface area (Å²) < 4.78 is 19.6. The van der Waals surface area contributed by atoms with Gasteiger partial charge in [-0.25, -0.2) is 19.3 Å². The van der Waals surface area contributed by atoms with E-state index in [0.717, 1.165) is 34.9 Å². The van der Waals surface area contributed by atoms with Crippen molar-refractivity contribution in [2.45, 2.75) is 38.5 Å². The van der Waals surface area contributed by atoms with E-state index in [1.54, 1.807) is 36.9 Å². The number of aromatic nitrogens is 7. The molecule has 43 heavy (non-hydrogen) atoms. The largest absolute Gasteiger partial charge is 0.497 e. The third-order valence-corrected chi connectivity index (χ3v) is 8.01. The number of fused-ring (bicyclic) bond motifs is 2. The Morgan fingerprint density at radius 3 is 2.72 bits per heavy atom. The zero-order valence-corrected chi connectivity index (χ0v) is 23.5. The summed E-state index contributed by atoms with van der Waals surface area (Å²) in [6, 6.07) is 10.2. The number of methoxy groups -OCH3 is 1. The van der Waals surface area contributed by atoms with Crippen molar-refractivity contribution in [2.24, 2.45) is 5.92 Å². The smallest absolute Gasteiger partial charge is 0.224 e. The predicted molar refractivity (Wildman–Crippen MR) is 162 cm³/mol. The molecule has 6 aromatic rings. The molecule has 1 aromatic carbocycles. The van der Waals surface area contributed by atoms with Crippen LogP contribution in [0.15, 0.2) is 61.2 Å². The fourth-order valence-corrected chi connectivity index (χ4v) is 5.88. The minimum absolute atomic E-state index is 0.0195. The number of amides is 1. The summed E-state index contributed by atoms with van der Waals surface area (Å²) in [4.78, 5) is 34.1. The molecule has 10 nitrogen and oxygen atoms in total. The zero-order chi connectivity index (χ0) is 29.3. The Morgan fingerprint density at radius 1 is 1.00 bits per heavy atom. The lowest BCUT2D eigenvalue weighted by molar-refractivity contribution is -0.117. The van der Waals surface area contributed by atoms with Crippen LogP contribution in [0.2, 0.25) is 0 Å². The molecule has 0 radical (unpaired) electrons. The number of H-pyrrole nitrogens is 2. The van der Waals surface area contributed by atoms with Crippen molar-refractivity contribution in [1.29, 1.82) is 0 Å². The van der Waals surface area contributed by atoms with Crippen LogP contribution in [0, 0.1) is 11.7 Å². The Labute approximate surface area is 246 Å². The van der Waals surface area contributed by atoms with Crippen LogP contribution in [-0.2, 0) is 4.79 Å². The number of pyridine rings is 3. The van der Waals surface area contributed by atoms with Crippen LogP contribution in [0.3, 0.4) is 0 Å². The Morgan fingerprint density at radius 2 is 1.86 bits per heavy atom. The number of carbonyl (C=O) groups is 1. The molecule has 1 fully saturated rings. The van der Waals surface area contributed by atoms with Crippen molar-refractivity contribution in [1.82, 2.24) is 35.1 Å². The number of imidazole rings is 1. The highest BCUT2D eigenvalue weighted by molar-refractivity contribution is 5.96. The number of hydrogen-bond acceptors (Lipinski definition) is 7. The number of aromatic amines is 2. The predicted octanol–water partition coefficient (Wildman–Crippen LogP) is 6.68. The molecule has 5 aromatic heterocycles. The van der Waals surface area contributed by atoms with Crippen LogP contribution in [0.5, 0.6) is 5.75 Å². The van der Waals surface area contributed by atoms with E-state index in [2.05, 4.69) is 35.5 Å². The van der Waals surface area contributed by atoms with Gasteiger partial charge in [0.05, 0.1) is 29.9 Å². The van der Waals surface area contributed by atoms with Gasteiger partial charge in [-0.2, -0.15) is 5.10 Å². The van der Waals surface area contributed by atoms with Gasteiger partial charge >= 0.3 is 0 Å². The summed E-state index contributed by atoms with van der Waals surface area (Å²) in [6.45, 7) is 0. The van der Waals surface area contributed by atoms with Gasteiger partial charge < -0.3 is 15.0 Å². The molecule has 0 spiro atoms. The van der Waals surface area contributed by atoms with Crippen LogP contribution in [0.1, 0.15) is 38.5 Å². The van der Waals surface area contributed by atoms with Gasteiger partial charge in [0.2, 0.25) is 5.91 Å². The first kappa shape index (κ1) is 26.7. The molecule has 5 heterocycles. The van der Waals surface area contributed by atoms with E-state index in [1.807, 2.05) is 12.1 Å². The van der Waals surface area contributed by atoms with E-state index in [1.165, 1.54) is 38.5 Å². The SMILES string of the molecule is COc1cc(F)cc(-c2ccnc3nc(-c4[nH]nc5ncc(-c6cncc(NC(=O)CC7CCCCC7)c6)cc45)[nH]c23)c1. The number of nitrogens with one attached hydrogen (secondary N) is 3. The maximum Gasteiger partial charge on any atom is 0.224 e. The molecular formula is C32H29FN8O2. The molecule has 3 N–H and O–H groups in total. The van der Waals surface area contributed by atoms with E-state index >= 15 is 0 Å². The lowest BCUT2D eigenvalue weighted by Crippen LogP contribution is -2.18. The summed E-state index contributed by atoms with van der Waals surface area (Å²) in [5.74, 6) is 1.00. The first-order valence-corrected chi connectivity index (χ1v) is 14.3. The molecule has 0 bridgehead atoms. The fraction of sp³-hybridized carbons (Fsp3) is 0.250. The number of halogens is 1. The molecule has 1 saturated carbocycles. The highest BCUT2D eigenvalue weighted by Gasteiger charge is 2.19. The lowest BCUT2D eigenvalue weighted by atomic mass is 9.87. The number of nitrogens with zero attached hydrogens (tertiary/aromatic N) is 5. The standard InChI is InChI=1S/C32H29FN8O2/c1-43-24-12-19(10-22(33)14-24)25-7-8-35-31-28(25)38-32(39-31)29-26-13-21(16-36-30(26)41-40-29)20-11-23(17-34-15-20)37-27(42)9-18-5-3-2-4-6-18/h7-8,10-18H,2-6,9H2,1H3,(H,37,42)(H,35,38,39)(H,36,40,41). The van der Waals surface area contributed by atoms with Crippen LogP contribution in [0.4, 0.5) is 10.1 Å². The molecule has 0 aliphatic heterocycles. The second kappa shape index (κ2) is 11.2. The second-order valence-electron chi connectivity index (χ2n) is 10.9. The van der Waals surface area contributed by atoms with Gasteiger partial charge in [-0.1, -0.05) is 19.3 Å². The maximum absolute atomic E-state index is 14.3. The minimum atomic E-state index is -0.403. The molecule has 11 heteroatoms. The van der Waals surface area contributed by atoms with E-state index < -0.39 is 5.82 Å². The van der Waals surface area contributed by atoms with Crippen LogP contribution < -0.4 is 10.1 Å². The van der Waals surface area contributed by atoms with Gasteiger partial charge in [0.1, 0.15) is 17.3 Å². The molecule has 1 aliphatic rings. The Kier molecular flexibility index (Phi) is 6.98. The van der Waals surface area contributed by atoms with E-state index in [0.29, 0.717) is 57.7 Å². The van der Waals surface area contributed by atoms with Crippen molar-refractivity contribution in [2.75, 3.05) is 12.4 Å². The fourth-order valence-electron chi connectivity index (χ4n) is 5.88. The van der Waals surface area contributed by atoms with Crippen molar-refractivity contribution < 1.29 is 13.9 Å². The molecule has 7 rings (SSSR count). The van der Waals surface area contributed by atoms with Crippen molar-refractivity contribution in [3.05, 3.63) is 67.0 Å². The number of benzene rings is 1. The molecule has 0 atom stereocenters. The van der Waals surface area contributed by atoms with E-state index in [9.17, 15) is 9.18 Å². The molecule has 216 valence electrons. The number of anilines is 1. The minimum Gasteiger partial charge on any atom is -0.497 e.